The van der Waals surface area contributed by atoms with Crippen LogP contribution in [-0.4, -0.2) is 0 Å². The fourth-order valence-electron chi connectivity index (χ4n) is 5.66. The average molecular weight is 469 g/mol. The van der Waals surface area contributed by atoms with Gasteiger partial charge in [-0.2, -0.15) is 0 Å². The van der Waals surface area contributed by atoms with Gasteiger partial charge in [-0.15, -0.1) is 11.3 Å². The zero-order valence-electron chi connectivity index (χ0n) is 19.7. The van der Waals surface area contributed by atoms with Gasteiger partial charge in [-0.25, -0.2) is 0 Å². The maximum Gasteiger partial charge on any atom is 0.136 e. The number of furan rings is 1. The first kappa shape index (κ1) is 20.5. The van der Waals surface area contributed by atoms with Crippen LogP contribution >= 0.6 is 11.3 Å². The normalized spacial score (nSPS) is 12.0. The highest BCUT2D eigenvalue weighted by atomic mass is 32.1. The van der Waals surface area contributed by atoms with Crippen LogP contribution < -0.4 is 0 Å². The monoisotopic (exact) mass is 468 g/mol. The van der Waals surface area contributed by atoms with Gasteiger partial charge in [0.25, 0.3) is 0 Å². The second kappa shape index (κ2) is 7.83. The molecule has 0 aliphatic rings. The van der Waals surface area contributed by atoms with E-state index < -0.39 is 0 Å². The van der Waals surface area contributed by atoms with Gasteiger partial charge in [-0.3, -0.25) is 0 Å². The number of hydrogen-bond acceptors (Lipinski definition) is 2. The minimum atomic E-state index is 0.356. The van der Waals surface area contributed by atoms with Gasteiger partial charge in [0.2, 0.25) is 0 Å². The molecule has 1 nitrogen and oxygen atoms in total. The van der Waals surface area contributed by atoms with E-state index in [0.29, 0.717) is 5.92 Å². The molecule has 2 heteroatoms. The van der Waals surface area contributed by atoms with E-state index in [1.54, 1.807) is 0 Å². The number of benzene rings is 5. The highest BCUT2D eigenvalue weighted by Crippen LogP contribution is 2.46. The van der Waals surface area contributed by atoms with Gasteiger partial charge in [-0.1, -0.05) is 92.7 Å². The van der Waals surface area contributed by atoms with Crippen LogP contribution in [0.15, 0.2) is 108 Å². The number of thiophene rings is 1. The van der Waals surface area contributed by atoms with Crippen molar-refractivity contribution in [3.05, 3.63) is 109 Å². The topological polar surface area (TPSA) is 13.1 Å². The standard InChI is InChI=1S/C33H24OS/c1-20(2)31-21(23-14-8-17-28-32(23)25-10-3-5-16-27(25)34-28)12-7-13-22(31)24-15-9-19-30-33(24)26-11-4-6-18-29(26)35-30/h3-20H,1-2H3. The largest absolute Gasteiger partial charge is 0.456 e. The first-order valence-corrected chi connectivity index (χ1v) is 13.0. The molecule has 0 N–H and O–H groups in total. The van der Waals surface area contributed by atoms with Crippen LogP contribution in [0, 0.1) is 0 Å². The van der Waals surface area contributed by atoms with Crippen molar-refractivity contribution in [2.45, 2.75) is 19.8 Å². The van der Waals surface area contributed by atoms with Crippen molar-refractivity contribution in [2.24, 2.45) is 0 Å². The summed E-state index contributed by atoms with van der Waals surface area (Å²) in [6.45, 7) is 4.61. The van der Waals surface area contributed by atoms with Gasteiger partial charge in [0.15, 0.2) is 0 Å². The first-order valence-electron chi connectivity index (χ1n) is 12.1. The predicted octanol–water partition coefficient (Wildman–Crippen LogP) is 10.4. The molecule has 7 rings (SSSR count). The number of hydrogen-bond donors (Lipinski definition) is 0. The SMILES string of the molecule is CC(C)c1c(-c2cccc3oc4ccccc4c23)cccc1-c1cccc2sc3ccccc3c12. The van der Waals surface area contributed by atoms with Gasteiger partial charge in [0.05, 0.1) is 0 Å². The summed E-state index contributed by atoms with van der Waals surface area (Å²) >= 11 is 1.88. The van der Waals surface area contributed by atoms with Crippen molar-refractivity contribution in [2.75, 3.05) is 0 Å². The predicted molar refractivity (Wildman–Crippen MR) is 152 cm³/mol. The Morgan fingerprint density at radius 3 is 1.89 bits per heavy atom. The molecule has 0 saturated carbocycles. The van der Waals surface area contributed by atoms with Crippen molar-refractivity contribution >= 4 is 53.4 Å². The summed E-state index contributed by atoms with van der Waals surface area (Å²) in [5.74, 6) is 0.356. The average Bonchev–Trinajstić information content (AvgIpc) is 3.46. The lowest BCUT2D eigenvalue weighted by atomic mass is 9.84. The summed E-state index contributed by atoms with van der Waals surface area (Å²) in [4.78, 5) is 0. The van der Waals surface area contributed by atoms with Gasteiger partial charge in [0, 0.05) is 30.9 Å². The summed E-state index contributed by atoms with van der Waals surface area (Å²) in [5.41, 5.74) is 8.41. The highest BCUT2D eigenvalue weighted by molar-refractivity contribution is 7.25. The lowest BCUT2D eigenvalue weighted by molar-refractivity contribution is 0.669. The Bertz CT molecular complexity index is 1750. The molecule has 35 heavy (non-hydrogen) atoms. The molecule has 0 saturated heterocycles. The van der Waals surface area contributed by atoms with Crippen LogP contribution in [0.3, 0.4) is 0 Å². The molecular formula is C33H24OS. The molecule has 0 spiro atoms. The molecule has 2 heterocycles. The van der Waals surface area contributed by atoms with Gasteiger partial charge < -0.3 is 4.42 Å². The number of para-hydroxylation sites is 1. The van der Waals surface area contributed by atoms with Crippen molar-refractivity contribution < 1.29 is 4.42 Å². The maximum absolute atomic E-state index is 6.23. The molecule has 0 unspecified atom stereocenters. The molecule has 0 bridgehead atoms. The van der Waals surface area contributed by atoms with Crippen LogP contribution in [0.1, 0.15) is 25.3 Å². The van der Waals surface area contributed by atoms with Crippen molar-refractivity contribution in [3.63, 3.8) is 0 Å². The van der Waals surface area contributed by atoms with E-state index in [9.17, 15) is 0 Å². The Hall–Kier alpha value is -3.88. The Balaban J connectivity index is 1.57. The quantitative estimate of drug-likeness (QED) is 0.251. The van der Waals surface area contributed by atoms with E-state index in [-0.39, 0.29) is 0 Å². The zero-order valence-corrected chi connectivity index (χ0v) is 20.5. The van der Waals surface area contributed by atoms with E-state index in [2.05, 4.69) is 111 Å². The molecule has 7 aromatic rings. The second-order valence-corrected chi connectivity index (χ2v) is 10.6. The molecule has 0 fully saturated rings. The summed E-state index contributed by atoms with van der Waals surface area (Å²) in [7, 11) is 0. The Morgan fingerprint density at radius 1 is 0.514 bits per heavy atom. The van der Waals surface area contributed by atoms with Crippen molar-refractivity contribution in [1.29, 1.82) is 0 Å². The zero-order chi connectivity index (χ0) is 23.5. The van der Waals surface area contributed by atoms with Gasteiger partial charge in [0.1, 0.15) is 11.2 Å². The molecule has 0 radical (unpaired) electrons. The minimum absolute atomic E-state index is 0.356. The number of rotatable bonds is 3. The highest BCUT2D eigenvalue weighted by Gasteiger charge is 2.20. The van der Waals surface area contributed by atoms with E-state index >= 15 is 0 Å². The Kier molecular flexibility index (Phi) is 4.58. The molecule has 2 aromatic heterocycles. The smallest absolute Gasteiger partial charge is 0.136 e. The molecule has 0 amide bonds. The van der Waals surface area contributed by atoms with Crippen LogP contribution in [0.5, 0.6) is 0 Å². The van der Waals surface area contributed by atoms with Crippen LogP contribution in [0.2, 0.25) is 0 Å². The lowest BCUT2D eigenvalue weighted by Gasteiger charge is -2.20. The molecule has 5 aromatic carbocycles. The van der Waals surface area contributed by atoms with Crippen molar-refractivity contribution in [1.82, 2.24) is 0 Å². The molecule has 0 aliphatic heterocycles. The second-order valence-electron chi connectivity index (χ2n) is 9.48. The van der Waals surface area contributed by atoms with Crippen LogP contribution in [0.4, 0.5) is 0 Å². The van der Waals surface area contributed by atoms with Gasteiger partial charge >= 0.3 is 0 Å². The maximum atomic E-state index is 6.23. The van der Waals surface area contributed by atoms with E-state index in [1.165, 1.54) is 58.8 Å². The van der Waals surface area contributed by atoms with Crippen LogP contribution in [-0.2, 0) is 0 Å². The summed E-state index contributed by atoms with van der Waals surface area (Å²) in [6.07, 6.45) is 0. The van der Waals surface area contributed by atoms with Crippen LogP contribution in [0.25, 0.3) is 64.4 Å². The summed E-state index contributed by atoms with van der Waals surface area (Å²) in [5, 5.41) is 5.07. The van der Waals surface area contributed by atoms with E-state index in [0.717, 1.165) is 11.2 Å². The summed E-state index contributed by atoms with van der Waals surface area (Å²) in [6, 6.07) is 37.1. The van der Waals surface area contributed by atoms with Gasteiger partial charge in [-0.05, 0) is 58.0 Å². The number of fused-ring (bicyclic) bond motifs is 6. The molecule has 168 valence electrons. The van der Waals surface area contributed by atoms with E-state index in [1.807, 2.05) is 17.4 Å². The lowest BCUT2D eigenvalue weighted by Crippen LogP contribution is -1.97. The minimum Gasteiger partial charge on any atom is -0.456 e. The molecule has 0 atom stereocenters. The Labute approximate surface area is 208 Å². The summed E-state index contributed by atoms with van der Waals surface area (Å²) < 4.78 is 8.91. The molecule has 0 aliphatic carbocycles. The fourth-order valence-corrected chi connectivity index (χ4v) is 6.79. The van der Waals surface area contributed by atoms with E-state index in [4.69, 9.17) is 4.42 Å². The Morgan fingerprint density at radius 2 is 1.09 bits per heavy atom. The van der Waals surface area contributed by atoms with Crippen molar-refractivity contribution in [3.8, 4) is 22.3 Å². The third kappa shape index (κ3) is 3.07. The third-order valence-electron chi connectivity index (χ3n) is 7.07. The third-order valence-corrected chi connectivity index (χ3v) is 8.20. The molecular weight excluding hydrogens is 444 g/mol. The first-order chi connectivity index (χ1) is 17.2. The fraction of sp³-hybridized carbons (Fsp3) is 0.0909.